The minimum Gasteiger partial charge on any atom is -0.492 e. The standard InChI is InChI=1S/C18H22N4O3/c1-2-24-16-8-4-3-7-14(16)22-17-12-19-15(11-20-17)18(23)21-10-13-6-5-9-25-13/h3-4,7-8,11-13H,2,5-6,9-10H2,1H3,(H,20,22)(H,21,23). The largest absolute Gasteiger partial charge is 0.492 e. The molecule has 1 saturated heterocycles. The molecule has 0 bridgehead atoms. The normalized spacial score (nSPS) is 16.4. The second-order valence-electron chi connectivity index (χ2n) is 5.69. The lowest BCUT2D eigenvalue weighted by Gasteiger charge is -2.12. The number of nitrogens with zero attached hydrogens (tertiary/aromatic N) is 2. The molecule has 1 unspecified atom stereocenters. The van der Waals surface area contributed by atoms with Gasteiger partial charge in [-0.1, -0.05) is 12.1 Å². The number of para-hydroxylation sites is 2. The molecule has 1 aliphatic rings. The molecule has 1 fully saturated rings. The SMILES string of the molecule is CCOc1ccccc1Nc1cnc(C(=O)NCC2CCCO2)cn1. The number of amides is 1. The van der Waals surface area contributed by atoms with Crippen LogP contribution in [0.4, 0.5) is 11.5 Å². The minimum absolute atomic E-state index is 0.105. The van der Waals surface area contributed by atoms with E-state index in [0.717, 1.165) is 30.9 Å². The molecule has 0 aliphatic carbocycles. The summed E-state index contributed by atoms with van der Waals surface area (Å²) < 4.78 is 11.0. The summed E-state index contributed by atoms with van der Waals surface area (Å²) in [6.45, 7) is 3.78. The zero-order valence-electron chi connectivity index (χ0n) is 14.2. The van der Waals surface area contributed by atoms with Crippen LogP contribution in [0.1, 0.15) is 30.3 Å². The first-order valence-corrected chi connectivity index (χ1v) is 8.47. The van der Waals surface area contributed by atoms with E-state index in [0.29, 0.717) is 19.0 Å². The van der Waals surface area contributed by atoms with E-state index in [1.807, 2.05) is 31.2 Å². The third kappa shape index (κ3) is 4.67. The Bertz CT molecular complexity index is 700. The molecule has 7 nitrogen and oxygen atoms in total. The highest BCUT2D eigenvalue weighted by Gasteiger charge is 2.17. The predicted octanol–water partition coefficient (Wildman–Crippen LogP) is 2.53. The van der Waals surface area contributed by atoms with Gasteiger partial charge >= 0.3 is 0 Å². The van der Waals surface area contributed by atoms with Gasteiger partial charge in [0.1, 0.15) is 17.3 Å². The molecule has 132 valence electrons. The second kappa shape index (κ2) is 8.43. The van der Waals surface area contributed by atoms with Crippen LogP contribution in [0.25, 0.3) is 0 Å². The number of rotatable bonds is 7. The third-order valence-electron chi connectivity index (χ3n) is 3.85. The van der Waals surface area contributed by atoms with Crippen LogP contribution in [-0.2, 0) is 4.74 Å². The van der Waals surface area contributed by atoms with Crippen molar-refractivity contribution in [1.29, 1.82) is 0 Å². The molecule has 1 aliphatic heterocycles. The predicted molar refractivity (Wildman–Crippen MR) is 94.2 cm³/mol. The fourth-order valence-corrected chi connectivity index (χ4v) is 2.60. The maximum atomic E-state index is 12.1. The van der Waals surface area contributed by atoms with Crippen molar-refractivity contribution < 1.29 is 14.3 Å². The number of nitrogens with one attached hydrogen (secondary N) is 2. The smallest absolute Gasteiger partial charge is 0.271 e. The van der Waals surface area contributed by atoms with Crippen LogP contribution in [-0.4, -0.2) is 41.7 Å². The van der Waals surface area contributed by atoms with E-state index in [4.69, 9.17) is 9.47 Å². The molecule has 2 N–H and O–H groups in total. The zero-order chi connectivity index (χ0) is 17.5. The summed E-state index contributed by atoms with van der Waals surface area (Å²) >= 11 is 0. The van der Waals surface area contributed by atoms with Gasteiger partial charge in [-0.15, -0.1) is 0 Å². The summed E-state index contributed by atoms with van der Waals surface area (Å²) in [5.74, 6) is 1.04. The number of aromatic nitrogens is 2. The van der Waals surface area contributed by atoms with Gasteiger partial charge < -0.3 is 20.1 Å². The maximum Gasteiger partial charge on any atom is 0.271 e. The summed E-state index contributed by atoms with van der Waals surface area (Å²) in [5, 5.41) is 5.98. The first-order valence-electron chi connectivity index (χ1n) is 8.47. The number of benzene rings is 1. The second-order valence-corrected chi connectivity index (χ2v) is 5.69. The molecule has 3 rings (SSSR count). The molecule has 7 heteroatoms. The van der Waals surface area contributed by atoms with Gasteiger partial charge in [-0.3, -0.25) is 4.79 Å². The molecule has 25 heavy (non-hydrogen) atoms. The molecule has 2 aromatic rings. The topological polar surface area (TPSA) is 85.4 Å². The van der Waals surface area contributed by atoms with E-state index in [-0.39, 0.29) is 17.7 Å². The van der Waals surface area contributed by atoms with Gasteiger partial charge in [-0.2, -0.15) is 0 Å². The number of anilines is 2. The average Bonchev–Trinajstić information content (AvgIpc) is 3.16. The Morgan fingerprint density at radius 2 is 2.20 bits per heavy atom. The zero-order valence-corrected chi connectivity index (χ0v) is 14.2. The molecular weight excluding hydrogens is 320 g/mol. The number of carbonyl (C=O) groups is 1. The van der Waals surface area contributed by atoms with E-state index in [2.05, 4.69) is 20.6 Å². The van der Waals surface area contributed by atoms with Gasteiger partial charge in [-0.05, 0) is 31.9 Å². The van der Waals surface area contributed by atoms with Crippen molar-refractivity contribution in [1.82, 2.24) is 15.3 Å². The van der Waals surface area contributed by atoms with Crippen LogP contribution in [0.3, 0.4) is 0 Å². The molecule has 1 atom stereocenters. The molecule has 1 aromatic carbocycles. The van der Waals surface area contributed by atoms with Gasteiger partial charge in [0, 0.05) is 13.2 Å². The molecule has 0 spiro atoms. The summed E-state index contributed by atoms with van der Waals surface area (Å²) in [7, 11) is 0. The summed E-state index contributed by atoms with van der Waals surface area (Å²) in [6.07, 6.45) is 5.12. The number of carbonyl (C=O) groups excluding carboxylic acids is 1. The van der Waals surface area contributed by atoms with Gasteiger partial charge in [0.05, 0.1) is 30.8 Å². The van der Waals surface area contributed by atoms with E-state index in [9.17, 15) is 4.79 Å². The van der Waals surface area contributed by atoms with Crippen LogP contribution >= 0.6 is 0 Å². The van der Waals surface area contributed by atoms with E-state index < -0.39 is 0 Å². The molecule has 0 saturated carbocycles. The summed E-state index contributed by atoms with van der Waals surface area (Å²) in [6, 6.07) is 7.59. The van der Waals surface area contributed by atoms with Crippen molar-refractivity contribution in [3.8, 4) is 5.75 Å². The lowest BCUT2D eigenvalue weighted by molar-refractivity contribution is 0.0853. The molecule has 1 aromatic heterocycles. The van der Waals surface area contributed by atoms with Gasteiger partial charge in [0.15, 0.2) is 0 Å². The van der Waals surface area contributed by atoms with Crippen molar-refractivity contribution in [3.05, 3.63) is 42.4 Å². The first-order chi connectivity index (χ1) is 12.3. The Kier molecular flexibility index (Phi) is 5.79. The Morgan fingerprint density at radius 1 is 1.32 bits per heavy atom. The lowest BCUT2D eigenvalue weighted by atomic mass is 10.2. The molecule has 1 amide bonds. The van der Waals surface area contributed by atoms with E-state index >= 15 is 0 Å². The van der Waals surface area contributed by atoms with Crippen molar-refractivity contribution in [2.24, 2.45) is 0 Å². The minimum atomic E-state index is -0.246. The highest BCUT2D eigenvalue weighted by atomic mass is 16.5. The third-order valence-corrected chi connectivity index (χ3v) is 3.85. The molecular formula is C18H22N4O3. The monoisotopic (exact) mass is 342 g/mol. The van der Waals surface area contributed by atoms with Crippen molar-refractivity contribution >= 4 is 17.4 Å². The Morgan fingerprint density at radius 3 is 2.92 bits per heavy atom. The maximum absolute atomic E-state index is 12.1. The Labute approximate surface area is 146 Å². The summed E-state index contributed by atoms with van der Waals surface area (Å²) in [5.41, 5.74) is 1.08. The van der Waals surface area contributed by atoms with Gasteiger partial charge in [0.2, 0.25) is 0 Å². The summed E-state index contributed by atoms with van der Waals surface area (Å²) in [4.78, 5) is 20.5. The van der Waals surface area contributed by atoms with E-state index in [1.54, 1.807) is 0 Å². The average molecular weight is 342 g/mol. The van der Waals surface area contributed by atoms with Crippen LogP contribution in [0.2, 0.25) is 0 Å². The van der Waals surface area contributed by atoms with Crippen molar-refractivity contribution in [2.75, 3.05) is 25.1 Å². The number of hydrogen-bond acceptors (Lipinski definition) is 6. The lowest BCUT2D eigenvalue weighted by Crippen LogP contribution is -2.32. The Hall–Kier alpha value is -2.67. The van der Waals surface area contributed by atoms with Crippen LogP contribution in [0, 0.1) is 0 Å². The number of hydrogen-bond donors (Lipinski definition) is 2. The Balaban J connectivity index is 1.59. The van der Waals surface area contributed by atoms with Crippen molar-refractivity contribution in [2.45, 2.75) is 25.9 Å². The molecule has 2 heterocycles. The van der Waals surface area contributed by atoms with E-state index in [1.165, 1.54) is 12.4 Å². The number of ether oxygens (including phenoxy) is 2. The fourth-order valence-electron chi connectivity index (χ4n) is 2.60. The highest BCUT2D eigenvalue weighted by molar-refractivity contribution is 5.92. The van der Waals surface area contributed by atoms with Gasteiger partial charge in [0.25, 0.3) is 5.91 Å². The first kappa shape index (κ1) is 17.2. The fraction of sp³-hybridized carbons (Fsp3) is 0.389. The van der Waals surface area contributed by atoms with Crippen LogP contribution in [0.15, 0.2) is 36.7 Å². The van der Waals surface area contributed by atoms with Gasteiger partial charge in [-0.25, -0.2) is 9.97 Å². The highest BCUT2D eigenvalue weighted by Crippen LogP contribution is 2.26. The van der Waals surface area contributed by atoms with Crippen LogP contribution < -0.4 is 15.4 Å². The quantitative estimate of drug-likeness (QED) is 0.804. The molecule has 0 radical (unpaired) electrons. The van der Waals surface area contributed by atoms with Crippen LogP contribution in [0.5, 0.6) is 5.75 Å². The van der Waals surface area contributed by atoms with Crippen molar-refractivity contribution in [3.63, 3.8) is 0 Å².